The van der Waals surface area contributed by atoms with Gasteiger partial charge in [0.25, 0.3) is 5.03 Å². The highest BCUT2D eigenvalue weighted by Crippen LogP contribution is 2.34. The van der Waals surface area contributed by atoms with E-state index in [4.69, 9.17) is 9.47 Å². The molecule has 1 atom stereocenters. The van der Waals surface area contributed by atoms with Crippen molar-refractivity contribution in [2.24, 2.45) is 0 Å². The molecule has 1 aliphatic rings. The number of nitrogens with one attached hydrogen (secondary N) is 1. The van der Waals surface area contributed by atoms with Crippen LogP contribution in [-0.2, 0) is 4.79 Å². The topological polar surface area (TPSA) is 74.5 Å². The summed E-state index contributed by atoms with van der Waals surface area (Å²) in [4.78, 5) is 12.2. The molecule has 0 spiro atoms. The van der Waals surface area contributed by atoms with Gasteiger partial charge in [-0.05, 0) is 36.9 Å². The molecule has 1 N–H and O–H groups in total. The van der Waals surface area contributed by atoms with Crippen LogP contribution in [0.25, 0.3) is 0 Å². The molecule has 1 amide bonds. The molecule has 0 saturated carbocycles. The maximum absolute atomic E-state index is 12.2. The second-order valence-electron chi connectivity index (χ2n) is 4.68. The second kappa shape index (κ2) is 6.15. The normalized spacial score (nSPS) is 13.7. The third-order valence-corrected chi connectivity index (χ3v) is 4.22. The fraction of sp³-hybridized carbons (Fsp3) is 0.200. The average molecular weight is 318 g/mol. The van der Waals surface area contributed by atoms with Crippen LogP contribution in [0.1, 0.15) is 6.92 Å². The Morgan fingerprint density at radius 2 is 2.14 bits per heavy atom. The third-order valence-electron chi connectivity index (χ3n) is 3.10. The Kier molecular flexibility index (Phi) is 4.06. The van der Waals surface area contributed by atoms with Crippen molar-refractivity contribution in [2.45, 2.75) is 17.2 Å². The smallest absolute Gasteiger partial charge is 0.252 e. The van der Waals surface area contributed by atoms with Crippen LogP contribution in [0.15, 0.2) is 47.6 Å². The Balaban J connectivity index is 1.65. The Morgan fingerprint density at radius 3 is 2.95 bits per heavy atom. The van der Waals surface area contributed by atoms with Crippen LogP contribution in [0.2, 0.25) is 0 Å². The van der Waals surface area contributed by atoms with Gasteiger partial charge < -0.3 is 20.0 Å². The van der Waals surface area contributed by atoms with E-state index in [1.165, 1.54) is 18.0 Å². The summed E-state index contributed by atoms with van der Waals surface area (Å²) < 4.78 is 11.2. The molecule has 6 nitrogen and oxygen atoms in total. The summed E-state index contributed by atoms with van der Waals surface area (Å²) in [5, 5.41) is 14.5. The van der Waals surface area contributed by atoms with Gasteiger partial charge in [-0.25, -0.2) is 0 Å². The van der Waals surface area contributed by atoms with Gasteiger partial charge in [-0.2, -0.15) is 4.73 Å². The molecule has 2 aromatic rings. The molecule has 22 heavy (non-hydrogen) atoms. The molecule has 0 bridgehead atoms. The van der Waals surface area contributed by atoms with E-state index in [1.54, 1.807) is 43.3 Å². The number of anilines is 1. The van der Waals surface area contributed by atoms with Crippen molar-refractivity contribution in [2.75, 3.05) is 12.1 Å². The van der Waals surface area contributed by atoms with Gasteiger partial charge in [-0.15, -0.1) is 0 Å². The van der Waals surface area contributed by atoms with Gasteiger partial charge in [0.2, 0.25) is 12.7 Å². The monoisotopic (exact) mass is 318 g/mol. The van der Waals surface area contributed by atoms with Crippen molar-refractivity contribution in [3.05, 3.63) is 47.8 Å². The van der Waals surface area contributed by atoms with E-state index in [2.05, 4.69) is 5.32 Å². The van der Waals surface area contributed by atoms with Crippen LogP contribution in [0.4, 0.5) is 5.69 Å². The zero-order chi connectivity index (χ0) is 15.5. The van der Waals surface area contributed by atoms with Gasteiger partial charge in [0, 0.05) is 23.9 Å². The minimum atomic E-state index is -0.409. The van der Waals surface area contributed by atoms with Crippen molar-refractivity contribution in [3.8, 4) is 11.5 Å². The van der Waals surface area contributed by atoms with Gasteiger partial charge in [-0.1, -0.05) is 0 Å². The molecule has 0 saturated heterocycles. The number of hydrogen-bond acceptors (Lipinski definition) is 5. The molecule has 0 unspecified atom stereocenters. The Morgan fingerprint density at radius 1 is 1.32 bits per heavy atom. The van der Waals surface area contributed by atoms with Crippen molar-refractivity contribution < 1.29 is 19.0 Å². The molecule has 1 aliphatic heterocycles. The summed E-state index contributed by atoms with van der Waals surface area (Å²) in [7, 11) is 0. The maximum atomic E-state index is 12.2. The lowest BCUT2D eigenvalue weighted by Gasteiger charge is -2.11. The number of pyridine rings is 1. The summed E-state index contributed by atoms with van der Waals surface area (Å²) in [5.41, 5.74) is 0.629. The summed E-state index contributed by atoms with van der Waals surface area (Å²) in [6.45, 7) is 1.94. The minimum Gasteiger partial charge on any atom is -0.618 e. The molecule has 0 radical (unpaired) electrons. The van der Waals surface area contributed by atoms with Crippen LogP contribution in [0, 0.1) is 5.21 Å². The number of ether oxygens (including phenoxy) is 2. The van der Waals surface area contributed by atoms with E-state index in [0.717, 1.165) is 4.73 Å². The molecule has 7 heteroatoms. The Labute approximate surface area is 131 Å². The highest BCUT2D eigenvalue weighted by Gasteiger charge is 2.20. The molecule has 0 aliphatic carbocycles. The number of fused-ring (bicyclic) bond motifs is 1. The number of thioether (sulfide) groups is 1. The molecule has 2 heterocycles. The van der Waals surface area contributed by atoms with Gasteiger partial charge in [0.15, 0.2) is 17.7 Å². The number of amides is 1. The lowest BCUT2D eigenvalue weighted by Crippen LogP contribution is -2.30. The van der Waals surface area contributed by atoms with E-state index >= 15 is 0 Å². The lowest BCUT2D eigenvalue weighted by molar-refractivity contribution is -0.645. The predicted molar refractivity (Wildman–Crippen MR) is 81.9 cm³/mol. The number of rotatable bonds is 4. The van der Waals surface area contributed by atoms with Crippen molar-refractivity contribution in [1.82, 2.24) is 0 Å². The average Bonchev–Trinajstić information content (AvgIpc) is 2.97. The highest BCUT2D eigenvalue weighted by molar-refractivity contribution is 8.00. The fourth-order valence-electron chi connectivity index (χ4n) is 1.96. The Hall–Kier alpha value is -2.41. The first kappa shape index (κ1) is 14.5. The van der Waals surface area contributed by atoms with Gasteiger partial charge in [0.05, 0.1) is 5.25 Å². The quantitative estimate of drug-likeness (QED) is 0.531. The van der Waals surface area contributed by atoms with E-state index in [-0.39, 0.29) is 12.7 Å². The van der Waals surface area contributed by atoms with Crippen LogP contribution in [-0.4, -0.2) is 18.0 Å². The first-order valence-electron chi connectivity index (χ1n) is 6.69. The first-order chi connectivity index (χ1) is 10.6. The van der Waals surface area contributed by atoms with E-state index in [1.807, 2.05) is 0 Å². The van der Waals surface area contributed by atoms with Gasteiger partial charge in [-0.3, -0.25) is 4.79 Å². The number of benzene rings is 1. The highest BCUT2D eigenvalue weighted by atomic mass is 32.2. The van der Waals surface area contributed by atoms with Crippen LogP contribution >= 0.6 is 11.8 Å². The van der Waals surface area contributed by atoms with Crippen LogP contribution < -0.4 is 19.5 Å². The molecule has 3 rings (SSSR count). The van der Waals surface area contributed by atoms with Crippen LogP contribution in [0.3, 0.4) is 0 Å². The van der Waals surface area contributed by atoms with E-state index < -0.39 is 5.25 Å². The first-order valence-corrected chi connectivity index (χ1v) is 7.57. The fourth-order valence-corrected chi connectivity index (χ4v) is 2.81. The van der Waals surface area contributed by atoms with Crippen molar-refractivity contribution in [3.63, 3.8) is 0 Å². The predicted octanol–water partition coefficient (Wildman–Crippen LogP) is 2.17. The van der Waals surface area contributed by atoms with Crippen molar-refractivity contribution >= 4 is 23.4 Å². The van der Waals surface area contributed by atoms with E-state index in [9.17, 15) is 10.0 Å². The van der Waals surface area contributed by atoms with Crippen LogP contribution in [0.5, 0.6) is 11.5 Å². The summed E-state index contributed by atoms with van der Waals surface area (Å²) in [6.07, 6.45) is 1.41. The molecule has 114 valence electrons. The zero-order valence-corrected chi connectivity index (χ0v) is 12.6. The summed E-state index contributed by atoms with van der Waals surface area (Å²) >= 11 is 1.21. The second-order valence-corrected chi connectivity index (χ2v) is 6.04. The van der Waals surface area contributed by atoms with E-state index in [0.29, 0.717) is 22.2 Å². The van der Waals surface area contributed by atoms with Gasteiger partial charge in [0.1, 0.15) is 0 Å². The zero-order valence-electron chi connectivity index (χ0n) is 11.8. The molecular formula is C15H14N2O4S. The number of nitrogens with zero attached hydrogens (tertiary/aromatic N) is 1. The molecule has 0 fully saturated rings. The SMILES string of the molecule is C[C@H](Sc1cccc[n+]1[O-])C(=O)Nc1ccc2c(c1)OCO2. The minimum absolute atomic E-state index is 0.187. The van der Waals surface area contributed by atoms with Crippen molar-refractivity contribution in [1.29, 1.82) is 0 Å². The largest absolute Gasteiger partial charge is 0.618 e. The maximum Gasteiger partial charge on any atom is 0.252 e. The number of aromatic nitrogens is 1. The van der Waals surface area contributed by atoms with Gasteiger partial charge >= 0.3 is 0 Å². The Bertz CT molecular complexity index is 708. The summed E-state index contributed by atoms with van der Waals surface area (Å²) in [6, 6.07) is 10.3. The lowest BCUT2D eigenvalue weighted by atomic mass is 10.2. The molecular weight excluding hydrogens is 304 g/mol. The number of carbonyl (C=O) groups is 1. The number of hydrogen-bond donors (Lipinski definition) is 1. The molecule has 1 aromatic heterocycles. The third kappa shape index (κ3) is 3.09. The summed E-state index contributed by atoms with van der Waals surface area (Å²) in [5.74, 6) is 1.09. The standard InChI is InChI=1S/C15H14N2O4S/c1-10(22-14-4-2-3-7-17(14)19)15(18)16-11-5-6-12-13(8-11)21-9-20-12/h2-8,10H,9H2,1H3,(H,16,18)/t10-/m0/s1. The molecule has 1 aromatic carbocycles. The number of carbonyl (C=O) groups excluding carboxylic acids is 1.